The molecule has 3 aromatic rings. The largest absolute Gasteiger partial charge is 0.484 e. The highest BCUT2D eigenvalue weighted by atomic mass is 19.1. The number of amides is 2. The Kier molecular flexibility index (Phi) is 7.91. The average molecular weight is 438 g/mol. The first-order valence-electron chi connectivity index (χ1n) is 10.1. The fraction of sp³-hybridized carbons (Fsp3) is 0.200. The lowest BCUT2D eigenvalue weighted by Gasteiger charge is -2.31. The lowest BCUT2D eigenvalue weighted by atomic mass is 10.0. The van der Waals surface area contributed by atoms with E-state index in [1.807, 2.05) is 30.3 Å². The number of rotatable bonds is 9. The van der Waals surface area contributed by atoms with Crippen molar-refractivity contribution >= 4 is 11.8 Å². The van der Waals surface area contributed by atoms with Crippen molar-refractivity contribution in [3.05, 3.63) is 102 Å². The number of ether oxygens (including phenoxy) is 1. The summed E-state index contributed by atoms with van der Waals surface area (Å²) in [6.07, 6.45) is 0.247. The second-order valence-electron chi connectivity index (χ2n) is 7.18. The first-order chi connectivity index (χ1) is 15.5. The summed E-state index contributed by atoms with van der Waals surface area (Å²) >= 11 is 0. The standard InChI is InChI=1S/C25H24F2N2O3/c1-28-25(31)23(15-18-7-3-2-4-8-18)29(16-19-9-5-6-10-22(19)27)24(30)17-32-21-13-11-20(26)12-14-21/h2-14,23H,15-17H2,1H3,(H,28,31)/t23-/m0/s1. The summed E-state index contributed by atoms with van der Waals surface area (Å²) in [5, 5.41) is 2.59. The van der Waals surface area contributed by atoms with E-state index in [9.17, 15) is 18.4 Å². The summed E-state index contributed by atoms with van der Waals surface area (Å²) in [5.74, 6) is -1.46. The van der Waals surface area contributed by atoms with Crippen LogP contribution in [0.4, 0.5) is 8.78 Å². The number of nitrogens with zero attached hydrogens (tertiary/aromatic N) is 1. The van der Waals surface area contributed by atoms with E-state index in [1.54, 1.807) is 18.2 Å². The Bertz CT molecular complexity index is 1040. The zero-order valence-electron chi connectivity index (χ0n) is 17.6. The van der Waals surface area contributed by atoms with E-state index in [1.165, 1.54) is 42.3 Å². The number of nitrogens with one attached hydrogen (secondary N) is 1. The molecule has 0 fully saturated rings. The summed E-state index contributed by atoms with van der Waals surface area (Å²) in [6.45, 7) is -0.494. The molecule has 0 aromatic heterocycles. The van der Waals surface area contributed by atoms with Crippen LogP contribution in [0.25, 0.3) is 0 Å². The van der Waals surface area contributed by atoms with Gasteiger partial charge >= 0.3 is 0 Å². The molecule has 5 nitrogen and oxygen atoms in total. The van der Waals surface area contributed by atoms with Crippen molar-refractivity contribution in [3.8, 4) is 5.75 Å². The molecule has 0 saturated carbocycles. The maximum absolute atomic E-state index is 14.4. The summed E-state index contributed by atoms with van der Waals surface area (Å²) in [5.41, 5.74) is 1.14. The summed E-state index contributed by atoms with van der Waals surface area (Å²) in [7, 11) is 1.49. The summed E-state index contributed by atoms with van der Waals surface area (Å²) < 4.78 is 33.0. The Balaban J connectivity index is 1.87. The van der Waals surface area contributed by atoms with Gasteiger partial charge in [-0.2, -0.15) is 0 Å². The molecule has 2 amide bonds. The van der Waals surface area contributed by atoms with Crippen LogP contribution in [-0.4, -0.2) is 36.4 Å². The number of hydrogen-bond acceptors (Lipinski definition) is 3. The Labute approximate surface area is 185 Å². The number of likely N-dealkylation sites (N-methyl/N-ethyl adjacent to an activating group) is 1. The molecule has 0 aliphatic heterocycles. The van der Waals surface area contributed by atoms with E-state index in [-0.39, 0.29) is 31.0 Å². The molecule has 32 heavy (non-hydrogen) atoms. The molecular formula is C25H24F2N2O3. The lowest BCUT2D eigenvalue weighted by Crippen LogP contribution is -2.51. The monoisotopic (exact) mass is 438 g/mol. The quantitative estimate of drug-likeness (QED) is 0.554. The topological polar surface area (TPSA) is 58.6 Å². The Morgan fingerprint density at radius 3 is 2.25 bits per heavy atom. The van der Waals surface area contributed by atoms with Gasteiger partial charge in [0.1, 0.15) is 23.4 Å². The van der Waals surface area contributed by atoms with Gasteiger partial charge in [0.15, 0.2) is 6.61 Å². The van der Waals surface area contributed by atoms with Crippen molar-refractivity contribution in [1.29, 1.82) is 0 Å². The van der Waals surface area contributed by atoms with Gasteiger partial charge in [-0.3, -0.25) is 9.59 Å². The minimum absolute atomic E-state index is 0.108. The zero-order chi connectivity index (χ0) is 22.9. The molecule has 0 unspecified atom stereocenters. The maximum atomic E-state index is 14.4. The van der Waals surface area contributed by atoms with E-state index in [4.69, 9.17) is 4.74 Å². The molecule has 0 aliphatic carbocycles. The van der Waals surface area contributed by atoms with E-state index < -0.39 is 23.6 Å². The van der Waals surface area contributed by atoms with Crippen molar-refractivity contribution in [2.75, 3.05) is 13.7 Å². The fourth-order valence-corrected chi connectivity index (χ4v) is 3.29. The van der Waals surface area contributed by atoms with Crippen LogP contribution < -0.4 is 10.1 Å². The second kappa shape index (κ2) is 11.0. The molecule has 1 N–H and O–H groups in total. The van der Waals surface area contributed by atoms with Crippen LogP contribution in [0.3, 0.4) is 0 Å². The van der Waals surface area contributed by atoms with Crippen molar-refractivity contribution in [1.82, 2.24) is 10.2 Å². The van der Waals surface area contributed by atoms with Crippen molar-refractivity contribution in [2.24, 2.45) is 0 Å². The molecule has 7 heteroatoms. The molecular weight excluding hydrogens is 414 g/mol. The fourth-order valence-electron chi connectivity index (χ4n) is 3.29. The van der Waals surface area contributed by atoms with Gasteiger partial charge in [-0.1, -0.05) is 48.5 Å². The van der Waals surface area contributed by atoms with E-state index in [0.29, 0.717) is 5.75 Å². The highest BCUT2D eigenvalue weighted by Crippen LogP contribution is 2.18. The summed E-state index contributed by atoms with van der Waals surface area (Å²) in [4.78, 5) is 27.3. The number of hydrogen-bond donors (Lipinski definition) is 1. The average Bonchev–Trinajstić information content (AvgIpc) is 2.82. The van der Waals surface area contributed by atoms with Gasteiger partial charge in [-0.25, -0.2) is 8.78 Å². The van der Waals surface area contributed by atoms with Gasteiger partial charge in [0, 0.05) is 25.6 Å². The number of halogens is 2. The number of benzene rings is 3. The van der Waals surface area contributed by atoms with Crippen LogP contribution in [0.15, 0.2) is 78.9 Å². The summed E-state index contributed by atoms with van der Waals surface area (Å²) in [6, 6.07) is 19.7. The molecule has 166 valence electrons. The molecule has 0 spiro atoms. The van der Waals surface area contributed by atoms with Crippen LogP contribution in [-0.2, 0) is 22.6 Å². The molecule has 1 atom stereocenters. The molecule has 0 radical (unpaired) electrons. The van der Waals surface area contributed by atoms with Gasteiger partial charge in [0.25, 0.3) is 5.91 Å². The van der Waals surface area contributed by atoms with Gasteiger partial charge < -0.3 is 15.0 Å². The van der Waals surface area contributed by atoms with Crippen LogP contribution in [0.2, 0.25) is 0 Å². The first kappa shape index (κ1) is 22.9. The van der Waals surface area contributed by atoms with Crippen LogP contribution in [0.5, 0.6) is 5.75 Å². The normalized spacial score (nSPS) is 11.5. The number of carbonyl (C=O) groups is 2. The van der Waals surface area contributed by atoms with E-state index in [2.05, 4.69) is 5.32 Å². The maximum Gasteiger partial charge on any atom is 0.261 e. The predicted molar refractivity (Wildman–Crippen MR) is 117 cm³/mol. The van der Waals surface area contributed by atoms with Crippen LogP contribution in [0.1, 0.15) is 11.1 Å². The first-order valence-corrected chi connectivity index (χ1v) is 10.1. The molecule has 3 aromatic carbocycles. The number of carbonyl (C=O) groups excluding carboxylic acids is 2. The third-order valence-electron chi connectivity index (χ3n) is 4.99. The van der Waals surface area contributed by atoms with Crippen LogP contribution >= 0.6 is 0 Å². The Hall–Kier alpha value is -3.74. The van der Waals surface area contributed by atoms with Gasteiger partial charge in [-0.05, 0) is 35.9 Å². The van der Waals surface area contributed by atoms with Gasteiger partial charge in [-0.15, -0.1) is 0 Å². The van der Waals surface area contributed by atoms with Gasteiger partial charge in [0.2, 0.25) is 5.91 Å². The molecule has 3 rings (SSSR count). The third kappa shape index (κ3) is 6.14. The molecule has 0 bridgehead atoms. The van der Waals surface area contributed by atoms with E-state index in [0.717, 1.165) is 5.56 Å². The highest BCUT2D eigenvalue weighted by molar-refractivity contribution is 5.88. The van der Waals surface area contributed by atoms with E-state index >= 15 is 0 Å². The van der Waals surface area contributed by atoms with Crippen molar-refractivity contribution < 1.29 is 23.1 Å². The van der Waals surface area contributed by atoms with Crippen molar-refractivity contribution in [3.63, 3.8) is 0 Å². The zero-order valence-corrected chi connectivity index (χ0v) is 17.6. The SMILES string of the molecule is CNC(=O)[C@H](Cc1ccccc1)N(Cc1ccccc1F)C(=O)COc1ccc(F)cc1. The highest BCUT2D eigenvalue weighted by Gasteiger charge is 2.30. The smallest absolute Gasteiger partial charge is 0.261 e. The molecule has 0 saturated heterocycles. The second-order valence-corrected chi connectivity index (χ2v) is 7.18. The third-order valence-corrected chi connectivity index (χ3v) is 4.99. The minimum Gasteiger partial charge on any atom is -0.484 e. The van der Waals surface area contributed by atoms with Crippen molar-refractivity contribution in [2.45, 2.75) is 19.0 Å². The molecule has 0 aliphatic rings. The molecule has 0 heterocycles. The van der Waals surface area contributed by atoms with Gasteiger partial charge in [0.05, 0.1) is 0 Å². The van der Waals surface area contributed by atoms with Crippen LogP contribution in [0, 0.1) is 11.6 Å². The minimum atomic E-state index is -0.883. The Morgan fingerprint density at radius 2 is 1.59 bits per heavy atom. The lowest BCUT2D eigenvalue weighted by molar-refractivity contribution is -0.142. The predicted octanol–water partition coefficient (Wildman–Crippen LogP) is 3.73. The Morgan fingerprint density at radius 1 is 0.938 bits per heavy atom.